The molecule has 2 N–H and O–H groups in total. The lowest BCUT2D eigenvalue weighted by atomic mass is 10.0. The van der Waals surface area contributed by atoms with Gasteiger partial charge in [0.05, 0.1) is 31.4 Å². The Labute approximate surface area is 164 Å². The van der Waals surface area contributed by atoms with Gasteiger partial charge in [0.1, 0.15) is 0 Å². The number of rotatable bonds is 4. The number of esters is 1. The Balaban J connectivity index is 1.60. The lowest BCUT2D eigenvalue weighted by molar-refractivity contribution is -0.139. The van der Waals surface area contributed by atoms with Crippen molar-refractivity contribution in [1.29, 1.82) is 0 Å². The molecule has 0 aromatic carbocycles. The molecule has 1 atom stereocenters. The lowest BCUT2D eigenvalue weighted by Gasteiger charge is -2.39. The second kappa shape index (κ2) is 9.24. The van der Waals surface area contributed by atoms with Crippen LogP contribution in [0.3, 0.4) is 0 Å². The molecule has 3 rings (SSSR count). The molecule has 0 radical (unpaired) electrons. The van der Waals surface area contributed by atoms with Gasteiger partial charge in [0.2, 0.25) is 0 Å². The molecule has 3 heterocycles. The minimum absolute atomic E-state index is 0.0539. The Hall–Kier alpha value is -2.33. The van der Waals surface area contributed by atoms with E-state index < -0.39 is 12.0 Å². The van der Waals surface area contributed by atoms with E-state index in [0.717, 1.165) is 0 Å². The van der Waals surface area contributed by atoms with Crippen molar-refractivity contribution in [3.63, 3.8) is 0 Å². The maximum Gasteiger partial charge on any atom is 0.337 e. The molecule has 28 heavy (non-hydrogen) atoms. The fraction of sp³-hybridized carbons (Fsp3) is 0.722. The average Bonchev–Trinajstić information content (AvgIpc) is 2.68. The zero-order chi connectivity index (χ0) is 20.1. The maximum absolute atomic E-state index is 12.6. The summed E-state index contributed by atoms with van der Waals surface area (Å²) < 4.78 is 10.4. The zero-order valence-corrected chi connectivity index (χ0v) is 16.5. The SMILES string of the molecule is CCOC(=O)C1=C(CN2CCN(C(=O)N3CCOCC3)CC2)NC(=O)NC1C. The van der Waals surface area contributed by atoms with E-state index in [4.69, 9.17) is 9.47 Å². The molecule has 156 valence electrons. The van der Waals surface area contributed by atoms with E-state index in [1.54, 1.807) is 13.8 Å². The molecule has 0 saturated carbocycles. The Kier molecular flexibility index (Phi) is 6.74. The number of carbonyl (C=O) groups is 3. The van der Waals surface area contributed by atoms with E-state index in [1.165, 1.54) is 0 Å². The summed E-state index contributed by atoms with van der Waals surface area (Å²) in [5.74, 6) is -0.418. The van der Waals surface area contributed by atoms with Gasteiger partial charge in [-0.05, 0) is 13.8 Å². The molecule has 0 bridgehead atoms. The van der Waals surface area contributed by atoms with Gasteiger partial charge in [0.25, 0.3) is 0 Å². The van der Waals surface area contributed by atoms with E-state index in [9.17, 15) is 14.4 Å². The Morgan fingerprint density at radius 2 is 1.75 bits per heavy atom. The topological polar surface area (TPSA) is 103 Å². The highest BCUT2D eigenvalue weighted by atomic mass is 16.5. The fourth-order valence-electron chi connectivity index (χ4n) is 3.68. The van der Waals surface area contributed by atoms with Gasteiger partial charge in [-0.1, -0.05) is 0 Å². The van der Waals surface area contributed by atoms with Gasteiger partial charge in [-0.3, -0.25) is 4.90 Å². The van der Waals surface area contributed by atoms with Crippen molar-refractivity contribution in [3.05, 3.63) is 11.3 Å². The van der Waals surface area contributed by atoms with Crippen molar-refractivity contribution in [2.45, 2.75) is 19.9 Å². The van der Waals surface area contributed by atoms with E-state index in [2.05, 4.69) is 15.5 Å². The number of nitrogens with zero attached hydrogens (tertiary/aromatic N) is 3. The second-order valence-electron chi connectivity index (χ2n) is 7.08. The van der Waals surface area contributed by atoms with Crippen molar-refractivity contribution in [1.82, 2.24) is 25.3 Å². The van der Waals surface area contributed by atoms with Crippen LogP contribution in [0.1, 0.15) is 13.8 Å². The molecule has 0 aromatic rings. The van der Waals surface area contributed by atoms with Gasteiger partial charge in [-0.25, -0.2) is 14.4 Å². The summed E-state index contributed by atoms with van der Waals surface area (Å²) in [6, 6.07) is -0.679. The molecule has 4 amide bonds. The first-order chi connectivity index (χ1) is 13.5. The van der Waals surface area contributed by atoms with E-state index in [1.807, 2.05) is 9.80 Å². The summed E-state index contributed by atoms with van der Waals surface area (Å²) in [6.45, 7) is 9.24. The van der Waals surface area contributed by atoms with Crippen molar-refractivity contribution >= 4 is 18.0 Å². The highest BCUT2D eigenvalue weighted by Crippen LogP contribution is 2.17. The number of hydrogen-bond donors (Lipinski definition) is 2. The van der Waals surface area contributed by atoms with Crippen LogP contribution >= 0.6 is 0 Å². The number of piperazine rings is 1. The number of nitrogens with one attached hydrogen (secondary N) is 2. The highest BCUT2D eigenvalue weighted by Gasteiger charge is 2.32. The summed E-state index contributed by atoms with van der Waals surface area (Å²) in [7, 11) is 0. The third kappa shape index (κ3) is 4.74. The Morgan fingerprint density at radius 3 is 2.39 bits per heavy atom. The number of amides is 4. The molecule has 10 heteroatoms. The van der Waals surface area contributed by atoms with Gasteiger partial charge >= 0.3 is 18.0 Å². The molecule has 2 saturated heterocycles. The molecule has 1 unspecified atom stereocenters. The number of urea groups is 2. The lowest BCUT2D eigenvalue weighted by Crippen LogP contribution is -2.56. The van der Waals surface area contributed by atoms with Gasteiger partial charge in [-0.2, -0.15) is 0 Å². The number of ether oxygens (including phenoxy) is 2. The number of carbonyl (C=O) groups excluding carboxylic acids is 3. The summed E-state index contributed by atoms with van der Waals surface area (Å²) in [4.78, 5) is 42.6. The van der Waals surface area contributed by atoms with Gasteiger partial charge in [-0.15, -0.1) is 0 Å². The molecule has 0 aromatic heterocycles. The smallest absolute Gasteiger partial charge is 0.337 e. The summed E-state index contributed by atoms with van der Waals surface area (Å²) in [5.41, 5.74) is 1.02. The molecule has 10 nitrogen and oxygen atoms in total. The molecular formula is C18H29N5O5. The summed E-state index contributed by atoms with van der Waals surface area (Å²) in [5, 5.41) is 5.45. The van der Waals surface area contributed by atoms with E-state index in [0.29, 0.717) is 70.3 Å². The molecule has 0 aliphatic carbocycles. The van der Waals surface area contributed by atoms with Crippen LogP contribution in [0.15, 0.2) is 11.3 Å². The van der Waals surface area contributed by atoms with Crippen LogP contribution in [-0.2, 0) is 14.3 Å². The average molecular weight is 395 g/mol. The predicted octanol–water partition coefficient (Wildman–Crippen LogP) is -0.425. The summed E-state index contributed by atoms with van der Waals surface area (Å²) in [6.07, 6.45) is 0. The van der Waals surface area contributed by atoms with E-state index in [-0.39, 0.29) is 18.7 Å². The van der Waals surface area contributed by atoms with Gasteiger partial charge < -0.3 is 29.9 Å². The molecule has 2 fully saturated rings. The predicted molar refractivity (Wildman–Crippen MR) is 101 cm³/mol. The molecular weight excluding hydrogens is 366 g/mol. The normalized spacial score (nSPS) is 23.9. The molecule has 3 aliphatic heterocycles. The maximum atomic E-state index is 12.6. The Bertz CT molecular complexity index is 638. The van der Waals surface area contributed by atoms with Crippen molar-refractivity contribution in [3.8, 4) is 0 Å². The first-order valence-corrected chi connectivity index (χ1v) is 9.81. The van der Waals surface area contributed by atoms with Crippen LogP contribution in [-0.4, -0.2) is 104 Å². The minimum Gasteiger partial charge on any atom is -0.463 e. The van der Waals surface area contributed by atoms with Crippen molar-refractivity contribution in [2.24, 2.45) is 0 Å². The van der Waals surface area contributed by atoms with Crippen LogP contribution in [0.2, 0.25) is 0 Å². The van der Waals surface area contributed by atoms with Crippen LogP contribution in [0.25, 0.3) is 0 Å². The van der Waals surface area contributed by atoms with Gasteiger partial charge in [0.15, 0.2) is 0 Å². The van der Waals surface area contributed by atoms with Crippen LogP contribution in [0.5, 0.6) is 0 Å². The largest absolute Gasteiger partial charge is 0.463 e. The summed E-state index contributed by atoms with van der Waals surface area (Å²) >= 11 is 0. The first-order valence-electron chi connectivity index (χ1n) is 9.81. The van der Waals surface area contributed by atoms with Crippen molar-refractivity contribution in [2.75, 3.05) is 65.6 Å². The second-order valence-corrected chi connectivity index (χ2v) is 7.08. The fourth-order valence-corrected chi connectivity index (χ4v) is 3.68. The standard InChI is InChI=1S/C18H29N5O5/c1-3-28-16(24)15-13(2)19-17(25)20-14(15)12-21-4-6-22(7-5-21)18(26)23-8-10-27-11-9-23/h13H,3-12H2,1-2H3,(H2,19,20,25). The van der Waals surface area contributed by atoms with E-state index >= 15 is 0 Å². The quantitative estimate of drug-likeness (QED) is 0.627. The Morgan fingerprint density at radius 1 is 1.11 bits per heavy atom. The minimum atomic E-state index is -0.418. The van der Waals surface area contributed by atoms with Gasteiger partial charge in [0, 0.05) is 51.5 Å². The monoisotopic (exact) mass is 395 g/mol. The van der Waals surface area contributed by atoms with Crippen LogP contribution in [0.4, 0.5) is 9.59 Å². The number of morpholine rings is 1. The highest BCUT2D eigenvalue weighted by molar-refractivity contribution is 5.94. The van der Waals surface area contributed by atoms with Crippen LogP contribution < -0.4 is 10.6 Å². The van der Waals surface area contributed by atoms with Crippen molar-refractivity contribution < 1.29 is 23.9 Å². The number of hydrogen-bond acceptors (Lipinski definition) is 6. The molecule has 3 aliphatic rings. The third-order valence-corrected chi connectivity index (χ3v) is 5.17. The molecule has 0 spiro atoms. The zero-order valence-electron chi connectivity index (χ0n) is 16.5. The van der Waals surface area contributed by atoms with Crippen LogP contribution in [0, 0.1) is 0 Å². The third-order valence-electron chi connectivity index (χ3n) is 5.17. The first kappa shape index (κ1) is 20.4.